The molecule has 2 atom stereocenters. The Morgan fingerprint density at radius 2 is 1.15 bits per heavy atom. The van der Waals surface area contributed by atoms with Crippen molar-refractivity contribution in [3.8, 4) is 0 Å². The monoisotopic (exact) mass is 528 g/mol. The van der Waals surface area contributed by atoms with E-state index in [0.717, 1.165) is 0 Å². The summed E-state index contributed by atoms with van der Waals surface area (Å²) in [4.78, 5) is 22.7. The van der Waals surface area contributed by atoms with Crippen molar-refractivity contribution in [2.24, 2.45) is 23.7 Å². The minimum atomic E-state index is -5.93. The molecule has 1 rings (SSSR count). The molecule has 1 saturated carbocycles. The maximum Gasteiger partial charge on any atom is 0.425 e. The van der Waals surface area contributed by atoms with Crippen LogP contribution in [0, 0.1) is 23.7 Å². The van der Waals surface area contributed by atoms with Gasteiger partial charge in [0.25, 0.3) is 0 Å². The summed E-state index contributed by atoms with van der Waals surface area (Å²) in [6, 6.07) is 0. The van der Waals surface area contributed by atoms with Crippen LogP contribution in [-0.4, -0.2) is 49.4 Å². The van der Waals surface area contributed by atoms with Crippen molar-refractivity contribution in [3.05, 3.63) is 0 Å². The van der Waals surface area contributed by atoms with Crippen LogP contribution in [-0.2, 0) is 19.1 Å². The zero-order valence-corrected chi connectivity index (χ0v) is 17.3. The lowest BCUT2D eigenvalue weighted by atomic mass is 9.80. The first-order valence-electron chi connectivity index (χ1n) is 9.78. The number of halogens is 12. The van der Waals surface area contributed by atoms with Gasteiger partial charge in [0.1, 0.15) is 5.92 Å². The summed E-state index contributed by atoms with van der Waals surface area (Å²) in [6.07, 6.45) is -26.1. The molecule has 0 aromatic heterocycles. The summed E-state index contributed by atoms with van der Waals surface area (Å²) in [5.74, 6) is -13.3. The third kappa shape index (κ3) is 9.04. The maximum absolute atomic E-state index is 13.2. The van der Waals surface area contributed by atoms with Crippen LogP contribution in [0.2, 0.25) is 0 Å². The van der Waals surface area contributed by atoms with Gasteiger partial charge in [-0.1, -0.05) is 0 Å². The van der Waals surface area contributed by atoms with Crippen molar-refractivity contribution < 1.29 is 71.7 Å². The molecule has 0 spiro atoms. The molecule has 0 aliphatic heterocycles. The van der Waals surface area contributed by atoms with Crippen molar-refractivity contribution >= 4 is 11.9 Å². The minimum Gasteiger partial charge on any atom is -0.465 e. The Kier molecular flexibility index (Phi) is 9.56. The van der Waals surface area contributed by atoms with E-state index in [2.05, 4.69) is 9.47 Å². The Bertz CT molecular complexity index is 673. The van der Waals surface area contributed by atoms with Crippen LogP contribution in [0.5, 0.6) is 0 Å². The highest BCUT2D eigenvalue weighted by Gasteiger charge is 2.62. The fraction of sp³-hybridized carbons (Fsp3) is 0.889. The smallest absolute Gasteiger partial charge is 0.425 e. The number of alkyl halides is 12. The molecule has 0 aromatic carbocycles. The van der Waals surface area contributed by atoms with Crippen molar-refractivity contribution in [3.63, 3.8) is 0 Å². The first-order chi connectivity index (χ1) is 15.1. The molecule has 1 fully saturated rings. The predicted octanol–water partition coefficient (Wildman–Crippen LogP) is 6.14. The fourth-order valence-corrected chi connectivity index (χ4v) is 3.30. The van der Waals surface area contributed by atoms with Crippen molar-refractivity contribution in [1.82, 2.24) is 0 Å². The van der Waals surface area contributed by atoms with Crippen LogP contribution < -0.4 is 0 Å². The summed E-state index contributed by atoms with van der Waals surface area (Å²) in [6.45, 7) is -0.487. The molecule has 1 aliphatic rings. The number of hydrogen-bond donors (Lipinski definition) is 0. The third-order valence-corrected chi connectivity index (χ3v) is 5.33. The summed E-state index contributed by atoms with van der Waals surface area (Å²) in [5.41, 5.74) is 0. The van der Waals surface area contributed by atoms with E-state index in [4.69, 9.17) is 0 Å². The van der Waals surface area contributed by atoms with E-state index in [-0.39, 0.29) is 25.7 Å². The molecule has 16 heteroatoms. The summed E-state index contributed by atoms with van der Waals surface area (Å²) >= 11 is 0. The van der Waals surface area contributed by atoms with Gasteiger partial charge in [-0.3, -0.25) is 9.59 Å². The fourth-order valence-electron chi connectivity index (χ4n) is 3.30. The number of hydrogen-bond acceptors (Lipinski definition) is 4. The van der Waals surface area contributed by atoms with E-state index in [1.807, 2.05) is 0 Å². The van der Waals surface area contributed by atoms with Crippen LogP contribution in [0.1, 0.15) is 39.0 Å². The normalized spacial score (nSPS) is 22.3. The molecule has 0 amide bonds. The molecule has 0 radical (unpaired) electrons. The van der Waals surface area contributed by atoms with E-state index in [0.29, 0.717) is 6.92 Å². The number of ether oxygens (including phenoxy) is 2. The van der Waals surface area contributed by atoms with Crippen LogP contribution in [0.25, 0.3) is 0 Å². The topological polar surface area (TPSA) is 52.6 Å². The second kappa shape index (κ2) is 10.8. The van der Waals surface area contributed by atoms with Crippen LogP contribution >= 0.6 is 0 Å². The second-order valence-electron chi connectivity index (χ2n) is 8.00. The van der Waals surface area contributed by atoms with E-state index >= 15 is 0 Å². The Labute approximate surface area is 184 Å². The summed E-state index contributed by atoms with van der Waals surface area (Å²) in [7, 11) is 0. The van der Waals surface area contributed by atoms with Crippen LogP contribution in [0.4, 0.5) is 52.7 Å². The molecular weight excluding hydrogens is 508 g/mol. The molecule has 34 heavy (non-hydrogen) atoms. The minimum absolute atomic E-state index is 0.0435. The highest BCUT2D eigenvalue weighted by Crippen LogP contribution is 2.41. The predicted molar refractivity (Wildman–Crippen MR) is 87.8 cm³/mol. The van der Waals surface area contributed by atoms with Gasteiger partial charge in [0, 0.05) is 0 Å². The van der Waals surface area contributed by atoms with Gasteiger partial charge in [-0.05, 0) is 50.9 Å². The molecule has 2 unspecified atom stereocenters. The van der Waals surface area contributed by atoms with Gasteiger partial charge in [0.05, 0.1) is 6.61 Å². The lowest BCUT2D eigenvalue weighted by Gasteiger charge is -2.32. The SMILES string of the molecule is CC(C(=O)OC(CC1CCC(COC(=O)C(C(F)(F)F)C(F)(F)F)CC1)C(F)(F)F)C(F)(F)F. The number of rotatable bonds is 7. The average Bonchev–Trinajstić information content (AvgIpc) is 2.62. The summed E-state index contributed by atoms with van der Waals surface area (Å²) < 4.78 is 160. The zero-order chi connectivity index (χ0) is 26.7. The molecule has 1 aliphatic carbocycles. The quantitative estimate of drug-likeness (QED) is 0.294. The average molecular weight is 528 g/mol. The van der Waals surface area contributed by atoms with Gasteiger partial charge >= 0.3 is 36.6 Å². The zero-order valence-electron chi connectivity index (χ0n) is 17.3. The van der Waals surface area contributed by atoms with Gasteiger partial charge in [0.15, 0.2) is 6.10 Å². The highest BCUT2D eigenvalue weighted by molar-refractivity contribution is 5.74. The highest BCUT2D eigenvalue weighted by atomic mass is 19.4. The Hall–Kier alpha value is -1.90. The van der Waals surface area contributed by atoms with Crippen molar-refractivity contribution in [2.75, 3.05) is 6.61 Å². The first-order valence-corrected chi connectivity index (χ1v) is 9.78. The van der Waals surface area contributed by atoms with Gasteiger partial charge in [-0.2, -0.15) is 52.7 Å². The number of carbonyl (C=O) groups excluding carboxylic acids is 2. The molecular formula is C18H20F12O4. The van der Waals surface area contributed by atoms with Crippen molar-refractivity contribution in [1.29, 1.82) is 0 Å². The van der Waals surface area contributed by atoms with Gasteiger partial charge in [0.2, 0.25) is 5.92 Å². The van der Waals surface area contributed by atoms with Crippen LogP contribution in [0.3, 0.4) is 0 Å². The standard InChI is InChI=1S/C18H20F12O4/c1-8(15(19,20)21)13(31)34-11(16(22,23)24)6-9-2-4-10(5-3-9)7-33-14(32)12(17(25,26)27)18(28,29)30/h8-12H,2-7H2,1H3. The molecule has 4 nitrogen and oxygen atoms in total. The molecule has 0 N–H and O–H groups in total. The molecule has 0 heterocycles. The Morgan fingerprint density at radius 1 is 0.706 bits per heavy atom. The Balaban J connectivity index is 2.65. The molecule has 200 valence electrons. The lowest BCUT2D eigenvalue weighted by molar-refractivity contribution is -0.282. The second-order valence-corrected chi connectivity index (χ2v) is 8.00. The van der Waals surface area contributed by atoms with Crippen molar-refractivity contribution in [2.45, 2.75) is 69.8 Å². The lowest BCUT2D eigenvalue weighted by Crippen LogP contribution is -2.43. The molecule has 0 saturated heterocycles. The van der Waals surface area contributed by atoms with Crippen LogP contribution in [0.15, 0.2) is 0 Å². The van der Waals surface area contributed by atoms with E-state index in [1.54, 1.807) is 0 Å². The summed E-state index contributed by atoms with van der Waals surface area (Å²) in [5, 5.41) is 0. The Morgan fingerprint density at radius 3 is 1.53 bits per heavy atom. The van der Waals surface area contributed by atoms with Gasteiger partial charge in [-0.15, -0.1) is 0 Å². The number of carbonyl (C=O) groups is 2. The van der Waals surface area contributed by atoms with E-state index < -0.39 is 79.4 Å². The van der Waals surface area contributed by atoms with E-state index in [9.17, 15) is 62.3 Å². The number of esters is 2. The van der Waals surface area contributed by atoms with Gasteiger partial charge < -0.3 is 9.47 Å². The largest absolute Gasteiger partial charge is 0.465 e. The third-order valence-electron chi connectivity index (χ3n) is 5.33. The first kappa shape index (κ1) is 30.1. The molecule has 0 bridgehead atoms. The van der Waals surface area contributed by atoms with Gasteiger partial charge in [-0.25, -0.2) is 0 Å². The maximum atomic E-state index is 13.2. The molecule has 0 aromatic rings. The van der Waals surface area contributed by atoms with E-state index in [1.165, 1.54) is 0 Å².